The van der Waals surface area contributed by atoms with E-state index in [0.29, 0.717) is 41.2 Å². The van der Waals surface area contributed by atoms with Gasteiger partial charge in [0.1, 0.15) is 3.74 Å². The Morgan fingerprint density at radius 1 is 1.12 bits per heavy atom. The SMILES string of the molecule is [O-][Cl+3]([O-])([O-])OS1=C(N2CCOCC2)C=CC=C1c1ccc(Cl)cc1. The van der Waals surface area contributed by atoms with Gasteiger partial charge in [-0.1, -0.05) is 29.8 Å². The summed E-state index contributed by atoms with van der Waals surface area (Å²) < 4.78 is 43.9. The van der Waals surface area contributed by atoms with Crippen LogP contribution < -0.4 is 14.0 Å². The van der Waals surface area contributed by atoms with Gasteiger partial charge < -0.3 is 4.74 Å². The molecule has 2 aliphatic rings. The molecule has 6 nitrogen and oxygen atoms in total. The number of rotatable bonds is 3. The van der Waals surface area contributed by atoms with Gasteiger partial charge in [0.15, 0.2) is 10.8 Å². The third-order valence-electron chi connectivity index (χ3n) is 3.47. The fraction of sp³-hybridized carbons (Fsp3) is 0.267. The van der Waals surface area contributed by atoms with Gasteiger partial charge in [0, 0.05) is 18.1 Å². The molecule has 1 atom stereocenters. The van der Waals surface area contributed by atoms with Crippen LogP contribution in [0.3, 0.4) is 0 Å². The van der Waals surface area contributed by atoms with Crippen LogP contribution in [-0.2, 0) is 8.47 Å². The Morgan fingerprint density at radius 2 is 1.79 bits per heavy atom. The van der Waals surface area contributed by atoms with E-state index in [4.69, 9.17) is 20.1 Å². The summed E-state index contributed by atoms with van der Waals surface area (Å²) in [7, 11) is -5.91. The van der Waals surface area contributed by atoms with Crippen molar-refractivity contribution in [1.29, 1.82) is 0 Å². The molecule has 0 aliphatic carbocycles. The molecular formula is C15H15Cl2NO5S. The molecule has 0 saturated carbocycles. The summed E-state index contributed by atoms with van der Waals surface area (Å²) in [5, 5.41) is 0.568. The Bertz CT molecular complexity index is 691. The fourth-order valence-corrected chi connectivity index (χ4v) is 5.09. The minimum atomic E-state index is -4.57. The first-order valence-electron chi connectivity index (χ1n) is 7.13. The standard InChI is InChI=1S/C15H15Cl2NO5S/c16-13-6-4-12(5-7-13)14-2-1-3-15(18-8-10-22-11-9-18)24(14)23-17(19,20)21/h1-7H,8-11H2. The van der Waals surface area contributed by atoms with Gasteiger partial charge in [-0.25, -0.2) is 0 Å². The molecule has 2 aliphatic heterocycles. The summed E-state index contributed by atoms with van der Waals surface area (Å²) >= 11 is 5.91. The van der Waals surface area contributed by atoms with Crippen LogP contribution in [0.5, 0.6) is 0 Å². The number of allylic oxidation sites excluding steroid dienone is 2. The Balaban J connectivity index is 2.03. The van der Waals surface area contributed by atoms with Crippen LogP contribution in [-0.4, -0.2) is 36.2 Å². The molecule has 0 aromatic heterocycles. The molecule has 2 heterocycles. The predicted octanol–water partition coefficient (Wildman–Crippen LogP) is -0.189. The normalized spacial score (nSPS) is 22.6. The van der Waals surface area contributed by atoms with Crippen molar-refractivity contribution < 1.29 is 32.7 Å². The highest BCUT2D eigenvalue weighted by molar-refractivity contribution is 8.20. The summed E-state index contributed by atoms with van der Waals surface area (Å²) in [5.41, 5.74) is 0.747. The van der Waals surface area contributed by atoms with E-state index in [9.17, 15) is 14.0 Å². The minimum absolute atomic E-state index is 0.538. The monoisotopic (exact) mass is 391 g/mol. The highest BCUT2D eigenvalue weighted by atomic mass is 35.7. The lowest BCUT2D eigenvalue weighted by molar-refractivity contribution is -1.91. The van der Waals surface area contributed by atoms with Crippen molar-refractivity contribution in [3.8, 4) is 0 Å². The van der Waals surface area contributed by atoms with Crippen molar-refractivity contribution in [2.24, 2.45) is 0 Å². The molecule has 1 aromatic rings. The van der Waals surface area contributed by atoms with Crippen molar-refractivity contribution in [3.05, 3.63) is 53.1 Å². The second-order valence-electron chi connectivity index (χ2n) is 5.04. The van der Waals surface area contributed by atoms with E-state index in [1.807, 2.05) is 11.0 Å². The molecule has 0 spiro atoms. The molecule has 0 amide bonds. The Morgan fingerprint density at radius 3 is 2.42 bits per heavy atom. The van der Waals surface area contributed by atoms with E-state index in [1.54, 1.807) is 36.4 Å². The zero-order valence-corrected chi connectivity index (χ0v) is 14.9. The van der Waals surface area contributed by atoms with Crippen molar-refractivity contribution in [2.45, 2.75) is 0 Å². The van der Waals surface area contributed by atoms with Crippen LogP contribution in [0.15, 0.2) is 42.5 Å². The van der Waals surface area contributed by atoms with E-state index >= 15 is 0 Å². The van der Waals surface area contributed by atoms with Gasteiger partial charge in [-0.15, -0.1) is 0 Å². The zero-order chi connectivity index (χ0) is 17.2. The number of hydrogen-bond acceptors (Lipinski definition) is 6. The van der Waals surface area contributed by atoms with Crippen molar-refractivity contribution >= 4 is 32.3 Å². The van der Waals surface area contributed by atoms with E-state index < -0.39 is 21.0 Å². The number of halogens is 2. The van der Waals surface area contributed by atoms with Gasteiger partial charge in [-0.3, -0.25) is 4.90 Å². The first kappa shape index (κ1) is 18.1. The lowest BCUT2D eigenvalue weighted by Gasteiger charge is -2.29. The molecule has 1 fully saturated rings. The van der Waals surface area contributed by atoms with Gasteiger partial charge in [-0.2, -0.15) is 14.0 Å². The maximum Gasteiger partial charge on any atom is 0.158 e. The summed E-state index contributed by atoms with van der Waals surface area (Å²) in [5.74, 6) is 0. The number of benzene rings is 1. The molecule has 1 saturated heterocycles. The Kier molecular flexibility index (Phi) is 5.76. The first-order chi connectivity index (χ1) is 11.4. The summed E-state index contributed by atoms with van der Waals surface area (Å²) in [4.78, 5) is 3.24. The smallest absolute Gasteiger partial charge is 0.158 e. The minimum Gasteiger partial charge on any atom is -0.379 e. The summed E-state index contributed by atoms with van der Waals surface area (Å²) in [6.45, 7) is 2.29. The second kappa shape index (κ2) is 7.65. The molecule has 0 N–H and O–H groups in total. The largest absolute Gasteiger partial charge is 0.379 e. The van der Waals surface area contributed by atoms with Crippen LogP contribution in [0.2, 0.25) is 5.02 Å². The molecule has 130 valence electrons. The maximum atomic E-state index is 11.2. The highest BCUT2D eigenvalue weighted by Crippen LogP contribution is 2.41. The van der Waals surface area contributed by atoms with Crippen molar-refractivity contribution in [2.75, 3.05) is 26.3 Å². The van der Waals surface area contributed by atoms with Gasteiger partial charge in [0.2, 0.25) is 0 Å². The average molecular weight is 392 g/mol. The quantitative estimate of drug-likeness (QED) is 0.663. The van der Waals surface area contributed by atoms with E-state index in [-0.39, 0.29) is 0 Å². The van der Waals surface area contributed by atoms with Gasteiger partial charge in [0.25, 0.3) is 0 Å². The van der Waals surface area contributed by atoms with E-state index in [2.05, 4.69) is 0 Å². The third-order valence-corrected chi connectivity index (χ3v) is 6.39. The zero-order valence-electron chi connectivity index (χ0n) is 12.5. The molecule has 1 aromatic carbocycles. The lowest BCUT2D eigenvalue weighted by Crippen LogP contribution is -2.60. The van der Waals surface area contributed by atoms with Gasteiger partial charge in [-0.05, 0) is 29.8 Å². The molecule has 0 radical (unpaired) electrons. The molecule has 9 heteroatoms. The van der Waals surface area contributed by atoms with Gasteiger partial charge in [0.05, 0.1) is 33.4 Å². The molecule has 3 rings (SSSR count). The van der Waals surface area contributed by atoms with Gasteiger partial charge >= 0.3 is 0 Å². The Hall–Kier alpha value is -0.740. The average Bonchev–Trinajstić information content (AvgIpc) is 2.55. The molecular weight excluding hydrogens is 377 g/mol. The second-order valence-corrected chi connectivity index (χ2v) is 8.14. The highest BCUT2D eigenvalue weighted by Gasteiger charge is 2.32. The fourth-order valence-electron chi connectivity index (χ4n) is 2.42. The maximum absolute atomic E-state index is 11.2. The van der Waals surface area contributed by atoms with Crippen LogP contribution >= 0.6 is 22.4 Å². The van der Waals surface area contributed by atoms with Crippen LogP contribution in [0, 0.1) is 10.2 Å². The number of morpholine rings is 1. The number of ether oxygens (including phenoxy) is 1. The molecule has 0 bridgehead atoms. The predicted molar refractivity (Wildman–Crippen MR) is 84.6 cm³/mol. The van der Waals surface area contributed by atoms with Crippen molar-refractivity contribution in [1.82, 2.24) is 4.90 Å². The summed E-state index contributed by atoms with van der Waals surface area (Å²) in [6.07, 6.45) is 5.33. The van der Waals surface area contributed by atoms with E-state index in [1.165, 1.54) is 0 Å². The van der Waals surface area contributed by atoms with Crippen LogP contribution in [0.25, 0.3) is 4.91 Å². The number of hydrogen-bond donors (Lipinski definition) is 0. The van der Waals surface area contributed by atoms with Crippen molar-refractivity contribution in [3.63, 3.8) is 0 Å². The van der Waals surface area contributed by atoms with E-state index in [0.717, 1.165) is 5.56 Å². The topological polar surface area (TPSA) is 90.9 Å². The molecule has 24 heavy (non-hydrogen) atoms. The van der Waals surface area contributed by atoms with Crippen LogP contribution in [0.1, 0.15) is 5.56 Å². The third kappa shape index (κ3) is 4.45. The lowest BCUT2D eigenvalue weighted by atomic mass is 10.2. The summed E-state index contributed by atoms with van der Waals surface area (Å²) in [6, 6.07) is 6.94. The number of nitrogens with zero attached hydrogens (tertiary/aromatic N) is 1. The Labute approximate surface area is 149 Å². The first-order valence-corrected chi connectivity index (χ1v) is 9.89. The molecule has 1 unspecified atom stereocenters. The van der Waals surface area contributed by atoms with Crippen LogP contribution in [0.4, 0.5) is 0 Å².